The first-order valence-electron chi connectivity index (χ1n) is 7.47. The first-order chi connectivity index (χ1) is 9.20. The molecule has 0 aliphatic carbocycles. The second-order valence-electron chi connectivity index (χ2n) is 5.63. The van der Waals surface area contributed by atoms with E-state index in [1.54, 1.807) is 9.80 Å². The Bertz CT molecular complexity index is 327. The average Bonchev–Trinajstić information content (AvgIpc) is 2.42. The van der Waals surface area contributed by atoms with Crippen molar-refractivity contribution in [3.8, 4) is 0 Å². The SMILES string of the molecule is CCCN1CC(=O)N(CCC2CCCNC2)CC1=O. The summed E-state index contributed by atoms with van der Waals surface area (Å²) in [5.74, 6) is 0.866. The lowest BCUT2D eigenvalue weighted by Crippen LogP contribution is -2.54. The first-order valence-corrected chi connectivity index (χ1v) is 7.47. The van der Waals surface area contributed by atoms with Crippen molar-refractivity contribution >= 4 is 11.8 Å². The molecule has 0 aromatic carbocycles. The highest BCUT2D eigenvalue weighted by Gasteiger charge is 2.29. The van der Waals surface area contributed by atoms with E-state index in [1.807, 2.05) is 6.92 Å². The number of carbonyl (C=O) groups is 2. The quantitative estimate of drug-likeness (QED) is 0.787. The van der Waals surface area contributed by atoms with Crippen molar-refractivity contribution in [2.45, 2.75) is 32.6 Å². The van der Waals surface area contributed by atoms with Gasteiger partial charge in [-0.15, -0.1) is 0 Å². The van der Waals surface area contributed by atoms with E-state index in [0.29, 0.717) is 12.5 Å². The van der Waals surface area contributed by atoms with E-state index in [1.165, 1.54) is 12.8 Å². The Morgan fingerprint density at radius 3 is 2.42 bits per heavy atom. The fourth-order valence-electron chi connectivity index (χ4n) is 2.89. The van der Waals surface area contributed by atoms with Crippen molar-refractivity contribution in [1.82, 2.24) is 15.1 Å². The molecule has 2 aliphatic rings. The smallest absolute Gasteiger partial charge is 0.242 e. The van der Waals surface area contributed by atoms with E-state index in [9.17, 15) is 9.59 Å². The van der Waals surface area contributed by atoms with Gasteiger partial charge in [-0.05, 0) is 44.7 Å². The number of piperidine rings is 1. The summed E-state index contributed by atoms with van der Waals surface area (Å²) in [6.45, 7) is 6.18. The number of nitrogens with one attached hydrogen (secondary N) is 1. The molecule has 1 N–H and O–H groups in total. The van der Waals surface area contributed by atoms with E-state index in [0.717, 1.165) is 32.5 Å². The van der Waals surface area contributed by atoms with Crippen molar-refractivity contribution in [3.63, 3.8) is 0 Å². The average molecular weight is 267 g/mol. The van der Waals surface area contributed by atoms with Gasteiger partial charge in [0, 0.05) is 13.1 Å². The molecule has 2 heterocycles. The van der Waals surface area contributed by atoms with E-state index in [4.69, 9.17) is 0 Å². The van der Waals surface area contributed by atoms with Gasteiger partial charge < -0.3 is 15.1 Å². The fourth-order valence-corrected chi connectivity index (χ4v) is 2.89. The Morgan fingerprint density at radius 1 is 1.16 bits per heavy atom. The van der Waals surface area contributed by atoms with Crippen LogP contribution < -0.4 is 5.32 Å². The van der Waals surface area contributed by atoms with Gasteiger partial charge in [0.1, 0.15) is 0 Å². The molecule has 0 spiro atoms. The van der Waals surface area contributed by atoms with Crippen LogP contribution in [0.4, 0.5) is 0 Å². The second kappa shape index (κ2) is 6.89. The van der Waals surface area contributed by atoms with Crippen molar-refractivity contribution in [2.75, 3.05) is 39.3 Å². The van der Waals surface area contributed by atoms with Crippen molar-refractivity contribution < 1.29 is 9.59 Å². The number of nitrogens with zero attached hydrogens (tertiary/aromatic N) is 2. The third-order valence-corrected chi connectivity index (χ3v) is 4.06. The summed E-state index contributed by atoms with van der Waals surface area (Å²) in [5.41, 5.74) is 0. The molecule has 0 radical (unpaired) electrons. The monoisotopic (exact) mass is 267 g/mol. The van der Waals surface area contributed by atoms with Crippen molar-refractivity contribution in [1.29, 1.82) is 0 Å². The largest absolute Gasteiger partial charge is 0.332 e. The van der Waals surface area contributed by atoms with E-state index >= 15 is 0 Å². The van der Waals surface area contributed by atoms with Crippen LogP contribution in [0.3, 0.4) is 0 Å². The molecule has 2 saturated heterocycles. The van der Waals surface area contributed by atoms with Crippen LogP contribution in [-0.4, -0.2) is 60.9 Å². The molecule has 5 heteroatoms. The lowest BCUT2D eigenvalue weighted by atomic mass is 9.96. The number of hydrogen-bond donors (Lipinski definition) is 1. The first kappa shape index (κ1) is 14.3. The van der Waals surface area contributed by atoms with E-state index in [2.05, 4.69) is 5.32 Å². The van der Waals surface area contributed by atoms with Crippen LogP contribution in [0.2, 0.25) is 0 Å². The molecule has 2 rings (SSSR count). The highest BCUT2D eigenvalue weighted by Crippen LogP contribution is 2.15. The Labute approximate surface area is 115 Å². The third kappa shape index (κ3) is 3.93. The molecule has 0 bridgehead atoms. The van der Waals surface area contributed by atoms with Crippen molar-refractivity contribution in [3.05, 3.63) is 0 Å². The van der Waals surface area contributed by atoms with Gasteiger partial charge >= 0.3 is 0 Å². The zero-order valence-corrected chi connectivity index (χ0v) is 11.9. The Kier molecular flexibility index (Phi) is 5.19. The normalized spacial score (nSPS) is 25.0. The predicted octanol–water partition coefficient (Wildman–Crippen LogP) is 0.457. The second-order valence-corrected chi connectivity index (χ2v) is 5.63. The number of carbonyl (C=O) groups excluding carboxylic acids is 2. The Morgan fingerprint density at radius 2 is 1.84 bits per heavy atom. The van der Waals surface area contributed by atoms with Crippen molar-refractivity contribution in [2.24, 2.45) is 5.92 Å². The molecule has 19 heavy (non-hydrogen) atoms. The standard InChI is InChI=1S/C14H25N3O2/c1-2-7-16-10-14(19)17(11-13(16)18)8-5-12-4-3-6-15-9-12/h12,15H,2-11H2,1H3. The minimum Gasteiger partial charge on any atom is -0.332 e. The predicted molar refractivity (Wildman–Crippen MR) is 73.7 cm³/mol. The number of piperazine rings is 1. The molecule has 2 amide bonds. The van der Waals surface area contributed by atoms with Gasteiger partial charge in [-0.25, -0.2) is 0 Å². The number of hydrogen-bond acceptors (Lipinski definition) is 3. The molecular weight excluding hydrogens is 242 g/mol. The maximum absolute atomic E-state index is 12.0. The third-order valence-electron chi connectivity index (χ3n) is 4.06. The molecule has 2 fully saturated rings. The van der Waals surface area contributed by atoms with Gasteiger partial charge in [0.2, 0.25) is 11.8 Å². The maximum Gasteiger partial charge on any atom is 0.242 e. The Hall–Kier alpha value is -1.10. The summed E-state index contributed by atoms with van der Waals surface area (Å²) in [5, 5.41) is 3.39. The molecule has 1 unspecified atom stereocenters. The zero-order chi connectivity index (χ0) is 13.7. The summed E-state index contributed by atoms with van der Waals surface area (Å²) in [6.07, 6.45) is 4.39. The fraction of sp³-hybridized carbons (Fsp3) is 0.857. The van der Waals surface area contributed by atoms with Crippen LogP contribution in [0.15, 0.2) is 0 Å². The van der Waals surface area contributed by atoms with Crippen LogP contribution >= 0.6 is 0 Å². The van der Waals surface area contributed by atoms with Crippen LogP contribution in [0.1, 0.15) is 32.6 Å². The van der Waals surface area contributed by atoms with Gasteiger partial charge in [0.15, 0.2) is 0 Å². The van der Waals surface area contributed by atoms with Gasteiger partial charge in [0.25, 0.3) is 0 Å². The molecule has 108 valence electrons. The lowest BCUT2D eigenvalue weighted by molar-refractivity contribution is -0.150. The van der Waals surface area contributed by atoms with E-state index < -0.39 is 0 Å². The van der Waals surface area contributed by atoms with Crippen LogP contribution in [-0.2, 0) is 9.59 Å². The number of amides is 2. The molecule has 0 aromatic heterocycles. The summed E-state index contributed by atoms with van der Waals surface area (Å²) < 4.78 is 0. The summed E-state index contributed by atoms with van der Waals surface area (Å²) in [4.78, 5) is 27.3. The highest BCUT2D eigenvalue weighted by molar-refractivity contribution is 5.92. The lowest BCUT2D eigenvalue weighted by Gasteiger charge is -2.35. The van der Waals surface area contributed by atoms with Crippen LogP contribution in [0, 0.1) is 5.92 Å². The summed E-state index contributed by atoms with van der Waals surface area (Å²) >= 11 is 0. The zero-order valence-electron chi connectivity index (χ0n) is 11.9. The highest BCUT2D eigenvalue weighted by atomic mass is 16.2. The molecule has 2 aliphatic heterocycles. The number of rotatable bonds is 5. The maximum atomic E-state index is 12.0. The van der Waals surface area contributed by atoms with Gasteiger partial charge in [-0.2, -0.15) is 0 Å². The van der Waals surface area contributed by atoms with Crippen LogP contribution in [0.5, 0.6) is 0 Å². The summed E-state index contributed by atoms with van der Waals surface area (Å²) in [7, 11) is 0. The van der Waals surface area contributed by atoms with Gasteiger partial charge in [0.05, 0.1) is 13.1 Å². The van der Waals surface area contributed by atoms with Crippen LogP contribution in [0.25, 0.3) is 0 Å². The molecular formula is C14H25N3O2. The topological polar surface area (TPSA) is 52.7 Å². The minimum atomic E-state index is 0.100. The van der Waals surface area contributed by atoms with Gasteiger partial charge in [-0.3, -0.25) is 9.59 Å². The van der Waals surface area contributed by atoms with Gasteiger partial charge in [-0.1, -0.05) is 6.92 Å². The minimum absolute atomic E-state index is 0.100. The molecule has 0 aromatic rings. The van der Waals surface area contributed by atoms with E-state index in [-0.39, 0.29) is 24.9 Å². The summed E-state index contributed by atoms with van der Waals surface area (Å²) in [6, 6.07) is 0. The Balaban J connectivity index is 1.77. The molecule has 1 atom stereocenters. The molecule has 0 saturated carbocycles. The molecule has 5 nitrogen and oxygen atoms in total.